The molecule has 33 heavy (non-hydrogen) atoms. The lowest BCUT2D eigenvalue weighted by Gasteiger charge is -2.16. The fourth-order valence-electron chi connectivity index (χ4n) is 3.33. The van der Waals surface area contributed by atoms with E-state index < -0.39 is 23.2 Å². The molecule has 0 radical (unpaired) electrons. The van der Waals surface area contributed by atoms with Crippen molar-refractivity contribution < 1.29 is 32.3 Å². The Morgan fingerprint density at radius 1 is 0.970 bits per heavy atom. The van der Waals surface area contributed by atoms with Gasteiger partial charge >= 0.3 is 5.92 Å². The molecule has 2 aromatic rings. The summed E-state index contributed by atoms with van der Waals surface area (Å²) < 4.78 is 40.9. The maximum Gasteiger partial charge on any atom is 0.349 e. The van der Waals surface area contributed by atoms with Gasteiger partial charge in [-0.2, -0.15) is 8.78 Å². The summed E-state index contributed by atoms with van der Waals surface area (Å²) in [4.78, 5) is 44.4. The second-order valence-electron chi connectivity index (χ2n) is 7.62. The summed E-state index contributed by atoms with van der Waals surface area (Å²) in [5, 5.41) is 7.08. The number of hydrogen-bond acceptors (Lipinski definition) is 4. The van der Waals surface area contributed by atoms with Gasteiger partial charge in [0.15, 0.2) is 0 Å². The van der Waals surface area contributed by atoms with E-state index in [0.717, 1.165) is 42.7 Å². The number of fused-ring (bicyclic) bond motifs is 1. The highest BCUT2D eigenvalue weighted by Gasteiger charge is 2.40. The minimum Gasteiger partial charge on any atom is -0.348 e. The minimum absolute atomic E-state index is 0.100. The first-order valence-corrected chi connectivity index (χ1v) is 10.3. The third-order valence-electron chi connectivity index (χ3n) is 5.14. The van der Waals surface area contributed by atoms with Crippen LogP contribution in [0.5, 0.6) is 0 Å². The average Bonchev–Trinajstić information content (AvgIpc) is 3.04. The number of carbonyl (C=O) groups excluding carboxylic acids is 4. The van der Waals surface area contributed by atoms with Crippen molar-refractivity contribution in [1.29, 1.82) is 0 Å². The molecule has 2 aromatic carbocycles. The molecule has 3 N–H and O–H groups in total. The van der Waals surface area contributed by atoms with Crippen LogP contribution in [-0.4, -0.2) is 23.6 Å². The molecule has 2 aliphatic rings. The molecule has 10 heteroatoms. The molecule has 1 saturated heterocycles. The summed E-state index contributed by atoms with van der Waals surface area (Å²) in [6.07, 6.45) is 2.70. The zero-order chi connectivity index (χ0) is 24.0. The van der Waals surface area contributed by atoms with E-state index in [4.69, 9.17) is 0 Å². The van der Waals surface area contributed by atoms with Crippen LogP contribution in [-0.2, 0) is 33.4 Å². The zero-order valence-electron chi connectivity index (χ0n) is 17.6. The first-order chi connectivity index (χ1) is 15.7. The minimum atomic E-state index is -3.76. The molecule has 0 unspecified atom stereocenters. The molecule has 2 heterocycles. The van der Waals surface area contributed by atoms with Crippen LogP contribution in [0.15, 0.2) is 42.5 Å². The summed E-state index contributed by atoms with van der Waals surface area (Å²) in [5.74, 6) is -6.32. The van der Waals surface area contributed by atoms with Gasteiger partial charge in [0.05, 0.1) is 0 Å². The van der Waals surface area contributed by atoms with Gasteiger partial charge in [-0.1, -0.05) is 12.1 Å². The fraction of sp³-hybridized carbons (Fsp3) is 0.304. The van der Waals surface area contributed by atoms with E-state index in [9.17, 15) is 32.3 Å². The number of carbonyl (C=O) groups is 4. The summed E-state index contributed by atoms with van der Waals surface area (Å²) in [6.45, 7) is 0.277. The number of alkyl halides is 2. The van der Waals surface area contributed by atoms with Crippen molar-refractivity contribution in [1.82, 2.24) is 16.0 Å². The SMILES string of the molecule is O=C1CCCCC(=O)N1.O=C1NCc2cc(CNC(=O)C(F)(F)c3ccc(F)cc3)ccc21. The normalized spacial score (nSPS) is 15.4. The predicted molar refractivity (Wildman–Crippen MR) is 111 cm³/mol. The number of nitrogens with one attached hydrogen (secondary N) is 3. The summed E-state index contributed by atoms with van der Waals surface area (Å²) in [5.41, 5.74) is 1.33. The van der Waals surface area contributed by atoms with Crippen molar-refractivity contribution in [3.05, 3.63) is 70.5 Å². The molecule has 1 fully saturated rings. The second-order valence-corrected chi connectivity index (χ2v) is 7.62. The van der Waals surface area contributed by atoms with E-state index in [2.05, 4.69) is 16.0 Å². The van der Waals surface area contributed by atoms with E-state index >= 15 is 0 Å². The lowest BCUT2D eigenvalue weighted by atomic mass is 10.1. The Hall–Kier alpha value is -3.69. The number of hydrogen-bond donors (Lipinski definition) is 3. The average molecular weight is 461 g/mol. The Morgan fingerprint density at radius 2 is 1.61 bits per heavy atom. The topological polar surface area (TPSA) is 104 Å². The maximum atomic E-state index is 14.1. The molecule has 7 nitrogen and oxygen atoms in total. The number of amides is 4. The molecule has 0 saturated carbocycles. The summed E-state index contributed by atoms with van der Waals surface area (Å²) >= 11 is 0. The molecule has 2 aliphatic heterocycles. The summed E-state index contributed by atoms with van der Waals surface area (Å²) in [6, 6.07) is 8.38. The number of rotatable bonds is 4. The smallest absolute Gasteiger partial charge is 0.348 e. The van der Waals surface area contributed by atoms with Crippen LogP contribution in [0, 0.1) is 5.82 Å². The number of imide groups is 1. The van der Waals surface area contributed by atoms with Gasteiger partial charge in [-0.05, 0) is 54.3 Å². The van der Waals surface area contributed by atoms with Gasteiger partial charge in [0.25, 0.3) is 11.8 Å². The van der Waals surface area contributed by atoms with Crippen LogP contribution in [0.3, 0.4) is 0 Å². The van der Waals surface area contributed by atoms with Crippen molar-refractivity contribution in [2.24, 2.45) is 0 Å². The Balaban J connectivity index is 0.000000286. The van der Waals surface area contributed by atoms with Crippen LogP contribution < -0.4 is 16.0 Å². The molecule has 4 rings (SSSR count). The highest BCUT2D eigenvalue weighted by molar-refractivity contribution is 5.98. The third-order valence-corrected chi connectivity index (χ3v) is 5.14. The third kappa shape index (κ3) is 6.18. The molecule has 4 amide bonds. The van der Waals surface area contributed by atoms with Gasteiger partial charge in [0.2, 0.25) is 11.8 Å². The zero-order valence-corrected chi connectivity index (χ0v) is 17.6. The lowest BCUT2D eigenvalue weighted by molar-refractivity contribution is -0.147. The molecule has 174 valence electrons. The first kappa shape index (κ1) is 24.0. The highest BCUT2D eigenvalue weighted by Crippen LogP contribution is 2.28. The highest BCUT2D eigenvalue weighted by atomic mass is 19.3. The predicted octanol–water partition coefficient (Wildman–Crippen LogP) is 2.68. The van der Waals surface area contributed by atoms with Crippen molar-refractivity contribution in [2.75, 3.05) is 0 Å². The number of benzene rings is 2. The van der Waals surface area contributed by atoms with Crippen molar-refractivity contribution in [3.8, 4) is 0 Å². The quantitative estimate of drug-likeness (QED) is 0.609. The van der Waals surface area contributed by atoms with E-state index in [1.165, 1.54) is 0 Å². The van der Waals surface area contributed by atoms with Crippen molar-refractivity contribution >= 4 is 23.6 Å². The molecule has 0 spiro atoms. The molecule has 0 bridgehead atoms. The van der Waals surface area contributed by atoms with Gasteiger partial charge in [-0.15, -0.1) is 0 Å². The Bertz CT molecular complexity index is 1060. The van der Waals surface area contributed by atoms with Gasteiger partial charge in [-0.25, -0.2) is 4.39 Å². The van der Waals surface area contributed by atoms with Crippen LogP contribution in [0.25, 0.3) is 0 Å². The second kappa shape index (κ2) is 10.3. The largest absolute Gasteiger partial charge is 0.349 e. The summed E-state index contributed by atoms with van der Waals surface area (Å²) in [7, 11) is 0. The standard InChI is InChI=1S/C17H13F3N2O2.C6H9NO2/c18-13-4-2-12(3-5-13)17(19,20)16(24)22-8-10-1-6-14-11(7-10)9-21-15(14)23;8-5-3-1-2-4-6(9)7-5/h1-7H,8-9H2,(H,21,23)(H,22,24);1-4H2,(H,7,8,9). The molecule has 0 atom stereocenters. The van der Waals surface area contributed by atoms with Crippen LogP contribution in [0.2, 0.25) is 0 Å². The van der Waals surface area contributed by atoms with E-state index in [-0.39, 0.29) is 24.3 Å². The van der Waals surface area contributed by atoms with Crippen LogP contribution >= 0.6 is 0 Å². The van der Waals surface area contributed by atoms with E-state index in [0.29, 0.717) is 30.5 Å². The molecular weight excluding hydrogens is 439 g/mol. The van der Waals surface area contributed by atoms with Crippen molar-refractivity contribution in [2.45, 2.75) is 44.7 Å². The van der Waals surface area contributed by atoms with Gasteiger partial charge in [0.1, 0.15) is 5.82 Å². The van der Waals surface area contributed by atoms with Crippen molar-refractivity contribution in [3.63, 3.8) is 0 Å². The number of halogens is 3. The molecule has 0 aliphatic carbocycles. The van der Waals surface area contributed by atoms with Crippen LogP contribution in [0.4, 0.5) is 13.2 Å². The van der Waals surface area contributed by atoms with Gasteiger partial charge in [0, 0.05) is 37.1 Å². The lowest BCUT2D eigenvalue weighted by Crippen LogP contribution is -2.37. The van der Waals surface area contributed by atoms with Gasteiger partial charge in [-0.3, -0.25) is 24.5 Å². The Morgan fingerprint density at radius 3 is 2.24 bits per heavy atom. The fourth-order valence-corrected chi connectivity index (χ4v) is 3.33. The van der Waals surface area contributed by atoms with E-state index in [1.54, 1.807) is 18.2 Å². The Labute approximate surface area is 187 Å². The van der Waals surface area contributed by atoms with E-state index in [1.807, 2.05) is 0 Å². The van der Waals surface area contributed by atoms with Crippen LogP contribution in [0.1, 0.15) is 52.7 Å². The molecular formula is C23H22F3N3O4. The Kier molecular flexibility index (Phi) is 7.47. The van der Waals surface area contributed by atoms with Gasteiger partial charge < -0.3 is 10.6 Å². The maximum absolute atomic E-state index is 14.1. The molecule has 0 aromatic heterocycles. The monoisotopic (exact) mass is 461 g/mol. The first-order valence-electron chi connectivity index (χ1n) is 10.3.